The normalized spacial score (nSPS) is 5.50. The van der Waals surface area contributed by atoms with Crippen LogP contribution in [-0.4, -0.2) is 5.97 Å². The van der Waals surface area contributed by atoms with Crippen LogP contribution in [0.2, 0.25) is 0 Å². The predicted octanol–water partition coefficient (Wildman–Crippen LogP) is -1.06. The molecule has 6 heavy (non-hydrogen) atoms. The van der Waals surface area contributed by atoms with Crippen LogP contribution in [-0.2, 0) is 4.79 Å². The summed E-state index contributed by atoms with van der Waals surface area (Å²) in [5, 5.41) is 10.9. The van der Waals surface area contributed by atoms with E-state index in [1.807, 2.05) is 0 Å². The van der Waals surface area contributed by atoms with Crippen LogP contribution in [0.1, 0.15) is 0 Å². The molecule has 0 radical (unpaired) electrons. The molecule has 0 heterocycles. The standard InChI is InChI=1S/C3HClO2/c4-2-1-3(5)6/h(H,5,6)/p-1. The summed E-state index contributed by atoms with van der Waals surface area (Å²) in [4.78, 5) is 9.23. The second-order valence-corrected chi connectivity index (χ2v) is 0.696. The molecule has 0 amide bonds. The largest absolute Gasteiger partial charge is 0.537 e. The summed E-state index contributed by atoms with van der Waals surface area (Å²) in [5.41, 5.74) is 0. The maximum atomic E-state index is 9.23. The summed E-state index contributed by atoms with van der Waals surface area (Å²) in [6, 6.07) is 0. The molecule has 0 N–H and O–H groups in total. The molecule has 0 aromatic heterocycles. The van der Waals surface area contributed by atoms with Crippen LogP contribution >= 0.6 is 11.6 Å². The van der Waals surface area contributed by atoms with Crippen molar-refractivity contribution in [3.8, 4) is 11.3 Å². The molecule has 0 fully saturated rings. The van der Waals surface area contributed by atoms with Crippen LogP contribution < -0.4 is 5.11 Å². The molecule has 0 saturated heterocycles. The fourth-order valence-corrected chi connectivity index (χ4v) is 0.116. The Morgan fingerprint density at radius 2 is 2.33 bits per heavy atom. The van der Waals surface area contributed by atoms with E-state index in [1.54, 1.807) is 5.38 Å². The number of carbonyl (C=O) groups is 1. The van der Waals surface area contributed by atoms with E-state index in [4.69, 9.17) is 0 Å². The van der Waals surface area contributed by atoms with Crippen molar-refractivity contribution in [3.05, 3.63) is 0 Å². The molecule has 3 heteroatoms. The van der Waals surface area contributed by atoms with Gasteiger partial charge in [-0.05, 0) is 17.5 Å². The molecule has 0 saturated carbocycles. The molecule has 0 atom stereocenters. The lowest BCUT2D eigenvalue weighted by molar-refractivity contribution is -0.295. The average Bonchev–Trinajstić information content (AvgIpc) is 1.35. The van der Waals surface area contributed by atoms with Gasteiger partial charge in [0.05, 0.1) is 0 Å². The Morgan fingerprint density at radius 3 is 2.33 bits per heavy atom. The molecule has 0 unspecified atom stereocenters. The van der Waals surface area contributed by atoms with Crippen LogP contribution in [0.5, 0.6) is 0 Å². The first-order valence-corrected chi connectivity index (χ1v) is 1.48. The summed E-state index contributed by atoms with van der Waals surface area (Å²) < 4.78 is 0. The van der Waals surface area contributed by atoms with Crippen molar-refractivity contribution >= 4 is 17.6 Å². The van der Waals surface area contributed by atoms with Gasteiger partial charge in [-0.15, -0.1) is 0 Å². The number of hydrogen-bond donors (Lipinski definition) is 0. The van der Waals surface area contributed by atoms with Gasteiger partial charge in [-0.3, -0.25) is 0 Å². The molecule has 0 spiro atoms. The molecule has 0 aromatic carbocycles. The van der Waals surface area contributed by atoms with Crippen molar-refractivity contribution < 1.29 is 9.90 Å². The maximum absolute atomic E-state index is 9.23. The van der Waals surface area contributed by atoms with E-state index >= 15 is 0 Å². The molecule has 0 aliphatic heterocycles. The Bertz CT molecular complexity index is 108. The second-order valence-electron chi connectivity index (χ2n) is 0.507. The van der Waals surface area contributed by atoms with Gasteiger partial charge in [0.25, 0.3) is 0 Å². The number of carboxylic acids is 1. The summed E-state index contributed by atoms with van der Waals surface area (Å²) in [5.74, 6) is 0.0756. The van der Waals surface area contributed by atoms with Crippen molar-refractivity contribution in [2.75, 3.05) is 0 Å². The Kier molecular flexibility index (Phi) is 2.26. The molecular formula is C3ClO2-. The lowest BCUT2D eigenvalue weighted by atomic mass is 10.7. The Morgan fingerprint density at radius 1 is 1.83 bits per heavy atom. The zero-order valence-electron chi connectivity index (χ0n) is 2.69. The topological polar surface area (TPSA) is 40.1 Å². The third kappa shape index (κ3) is 3.32. The highest BCUT2D eigenvalue weighted by Gasteiger charge is 1.60. The fraction of sp³-hybridized carbons (Fsp3) is 0. The van der Waals surface area contributed by atoms with Gasteiger partial charge in [-0.2, -0.15) is 0 Å². The fourth-order valence-electron chi connectivity index (χ4n) is 0.0386. The van der Waals surface area contributed by atoms with E-state index in [1.165, 1.54) is 5.92 Å². The minimum absolute atomic E-state index is 1.45. The third-order valence-corrected chi connectivity index (χ3v) is 0.244. The molecule has 0 rings (SSSR count). The maximum Gasteiger partial charge on any atom is 0.117 e. The summed E-state index contributed by atoms with van der Waals surface area (Å²) in [7, 11) is 0. The smallest absolute Gasteiger partial charge is 0.117 e. The second kappa shape index (κ2) is 2.55. The third-order valence-electron chi connectivity index (χ3n) is 0.149. The quantitative estimate of drug-likeness (QED) is 0.367. The van der Waals surface area contributed by atoms with Gasteiger partial charge in [0.1, 0.15) is 5.97 Å². The number of carbonyl (C=O) groups excluding carboxylic acids is 1. The first-order valence-electron chi connectivity index (χ1n) is 1.10. The van der Waals surface area contributed by atoms with Crippen LogP contribution in [0.25, 0.3) is 0 Å². The van der Waals surface area contributed by atoms with Crippen LogP contribution in [0.3, 0.4) is 0 Å². The average molecular weight is 103 g/mol. The Balaban J connectivity index is 3.50. The van der Waals surface area contributed by atoms with Crippen molar-refractivity contribution in [2.45, 2.75) is 0 Å². The van der Waals surface area contributed by atoms with Gasteiger partial charge < -0.3 is 9.90 Å². The van der Waals surface area contributed by atoms with Gasteiger partial charge in [0.2, 0.25) is 0 Å². The van der Waals surface area contributed by atoms with Crippen molar-refractivity contribution in [2.24, 2.45) is 0 Å². The summed E-state index contributed by atoms with van der Waals surface area (Å²) in [6.07, 6.45) is 0. The molecular weight excluding hydrogens is 103 g/mol. The van der Waals surface area contributed by atoms with E-state index in [9.17, 15) is 9.90 Å². The predicted molar refractivity (Wildman–Crippen MR) is 18.6 cm³/mol. The zero-order valence-corrected chi connectivity index (χ0v) is 3.45. The van der Waals surface area contributed by atoms with Crippen molar-refractivity contribution in [1.29, 1.82) is 0 Å². The minimum Gasteiger partial charge on any atom is -0.537 e. The first-order chi connectivity index (χ1) is 2.77. The van der Waals surface area contributed by atoms with Crippen molar-refractivity contribution in [1.82, 2.24) is 0 Å². The lowest BCUT2D eigenvalue weighted by Crippen LogP contribution is -2.18. The molecule has 0 aliphatic carbocycles. The molecule has 0 aromatic rings. The number of hydrogen-bond acceptors (Lipinski definition) is 2. The number of halogens is 1. The molecule has 2 nitrogen and oxygen atoms in total. The van der Waals surface area contributed by atoms with Gasteiger partial charge >= 0.3 is 0 Å². The zero-order chi connectivity index (χ0) is 4.99. The molecule has 32 valence electrons. The molecule has 0 aliphatic rings. The van der Waals surface area contributed by atoms with Crippen LogP contribution in [0.4, 0.5) is 0 Å². The SMILES string of the molecule is O=C([O-])C#CCl. The monoisotopic (exact) mass is 103 g/mol. The number of aliphatic carboxylic acids is 1. The van der Waals surface area contributed by atoms with Gasteiger partial charge in [0.15, 0.2) is 0 Å². The number of carboxylic acid groups (broad SMARTS) is 1. The minimum atomic E-state index is -1.45. The first kappa shape index (κ1) is 5.32. The highest BCUT2D eigenvalue weighted by molar-refractivity contribution is 6.31. The van der Waals surface area contributed by atoms with E-state index in [0.717, 1.165) is 0 Å². The van der Waals surface area contributed by atoms with Gasteiger partial charge in [-0.1, -0.05) is 0 Å². The molecule has 0 bridgehead atoms. The Labute approximate surface area is 39.7 Å². The van der Waals surface area contributed by atoms with E-state index in [0.29, 0.717) is 0 Å². The van der Waals surface area contributed by atoms with Gasteiger partial charge in [0, 0.05) is 5.38 Å². The van der Waals surface area contributed by atoms with Crippen LogP contribution in [0, 0.1) is 11.3 Å². The highest BCUT2D eigenvalue weighted by Crippen LogP contribution is 1.58. The number of rotatable bonds is 0. The van der Waals surface area contributed by atoms with E-state index < -0.39 is 5.97 Å². The van der Waals surface area contributed by atoms with Crippen LogP contribution in [0.15, 0.2) is 0 Å². The summed E-state index contributed by atoms with van der Waals surface area (Å²) in [6.45, 7) is 0. The van der Waals surface area contributed by atoms with Crippen molar-refractivity contribution in [3.63, 3.8) is 0 Å². The summed E-state index contributed by atoms with van der Waals surface area (Å²) >= 11 is 4.61. The van der Waals surface area contributed by atoms with E-state index in [-0.39, 0.29) is 0 Å². The van der Waals surface area contributed by atoms with Gasteiger partial charge in [-0.25, -0.2) is 0 Å². The Hall–Kier alpha value is -0.680. The highest BCUT2D eigenvalue weighted by atomic mass is 35.5. The van der Waals surface area contributed by atoms with E-state index in [2.05, 4.69) is 11.6 Å². The lowest BCUT2D eigenvalue weighted by Gasteiger charge is -1.77.